The van der Waals surface area contributed by atoms with Crippen LogP contribution in [0.4, 0.5) is 0 Å². The predicted molar refractivity (Wildman–Crippen MR) is 303 cm³/mol. The van der Waals surface area contributed by atoms with Crippen LogP contribution in [0.1, 0.15) is 374 Å². The summed E-state index contributed by atoms with van der Waals surface area (Å²) in [7, 11) is 0. The maximum absolute atomic E-state index is 12.9. The molecule has 0 bridgehead atoms. The lowest BCUT2D eigenvalue weighted by atomic mass is 10.0. The molecule has 416 valence electrons. The standard InChI is InChI=1S/C64H124O6/c1-4-7-10-13-16-19-22-25-28-31-34-36-39-42-45-48-51-54-57-63(66)69-60-61(70-64(67)58-55-52-49-46-43-40-37-33-30-27-24-21-18-15-12-9-6-3)59-68-62(65)56-53-50-47-44-41-38-35-32-29-26-23-20-17-14-11-8-5-2/h61H,4-60H2,1-3H3/t61-/m1/s1. The first-order valence-corrected chi connectivity index (χ1v) is 32.0. The van der Waals surface area contributed by atoms with Crippen molar-refractivity contribution in [2.75, 3.05) is 13.2 Å². The van der Waals surface area contributed by atoms with Crippen molar-refractivity contribution in [1.82, 2.24) is 0 Å². The maximum atomic E-state index is 12.9. The second kappa shape index (κ2) is 60.0. The van der Waals surface area contributed by atoms with Gasteiger partial charge in [-0.1, -0.05) is 335 Å². The van der Waals surface area contributed by atoms with E-state index in [1.807, 2.05) is 0 Å². The van der Waals surface area contributed by atoms with Crippen LogP contribution >= 0.6 is 0 Å². The molecule has 0 N–H and O–H groups in total. The largest absolute Gasteiger partial charge is 0.462 e. The van der Waals surface area contributed by atoms with E-state index in [-0.39, 0.29) is 31.1 Å². The van der Waals surface area contributed by atoms with Crippen LogP contribution < -0.4 is 0 Å². The van der Waals surface area contributed by atoms with Crippen molar-refractivity contribution in [1.29, 1.82) is 0 Å². The molecule has 0 radical (unpaired) electrons. The van der Waals surface area contributed by atoms with E-state index >= 15 is 0 Å². The van der Waals surface area contributed by atoms with Crippen LogP contribution in [0.25, 0.3) is 0 Å². The molecule has 0 unspecified atom stereocenters. The van der Waals surface area contributed by atoms with E-state index in [0.29, 0.717) is 19.3 Å². The van der Waals surface area contributed by atoms with Crippen molar-refractivity contribution >= 4 is 17.9 Å². The van der Waals surface area contributed by atoms with Crippen LogP contribution in [0.3, 0.4) is 0 Å². The van der Waals surface area contributed by atoms with Crippen LogP contribution in [0.2, 0.25) is 0 Å². The number of unbranched alkanes of at least 4 members (excludes halogenated alkanes) is 49. The van der Waals surface area contributed by atoms with Gasteiger partial charge in [-0.2, -0.15) is 0 Å². The molecule has 0 heterocycles. The Morgan fingerprint density at radius 2 is 0.386 bits per heavy atom. The zero-order valence-corrected chi connectivity index (χ0v) is 47.8. The quantitative estimate of drug-likeness (QED) is 0.0343. The number of carbonyl (C=O) groups is 3. The molecule has 0 aromatic rings. The summed E-state index contributed by atoms with van der Waals surface area (Å²) in [5, 5.41) is 0. The minimum atomic E-state index is -0.762. The molecule has 6 nitrogen and oxygen atoms in total. The van der Waals surface area contributed by atoms with Gasteiger partial charge in [0.15, 0.2) is 6.10 Å². The smallest absolute Gasteiger partial charge is 0.306 e. The Hall–Kier alpha value is -1.59. The SMILES string of the molecule is CCCCCCCCCCCCCCCCCCCCC(=O)OC[C@@H](COC(=O)CCCCCCCCCCCCCCCCCCC)OC(=O)CCCCCCCCCCCCCCCCCCC. The summed E-state index contributed by atoms with van der Waals surface area (Å²) < 4.78 is 17.0. The van der Waals surface area contributed by atoms with E-state index in [9.17, 15) is 14.4 Å². The van der Waals surface area contributed by atoms with Crippen molar-refractivity contribution in [3.63, 3.8) is 0 Å². The Kier molecular flexibility index (Phi) is 58.6. The molecule has 0 fully saturated rings. The normalized spacial score (nSPS) is 11.9. The Morgan fingerprint density at radius 1 is 0.229 bits per heavy atom. The van der Waals surface area contributed by atoms with Crippen LogP contribution in [-0.2, 0) is 28.6 Å². The van der Waals surface area contributed by atoms with Crippen molar-refractivity contribution in [2.45, 2.75) is 380 Å². The van der Waals surface area contributed by atoms with Crippen molar-refractivity contribution in [3.05, 3.63) is 0 Å². The second-order valence-corrected chi connectivity index (χ2v) is 22.1. The molecule has 0 saturated carbocycles. The second-order valence-electron chi connectivity index (χ2n) is 22.1. The van der Waals surface area contributed by atoms with Gasteiger partial charge in [0, 0.05) is 19.3 Å². The van der Waals surface area contributed by atoms with Gasteiger partial charge in [-0.3, -0.25) is 14.4 Å². The first kappa shape index (κ1) is 68.4. The van der Waals surface area contributed by atoms with Gasteiger partial charge in [0.25, 0.3) is 0 Å². The fraction of sp³-hybridized carbons (Fsp3) is 0.953. The van der Waals surface area contributed by atoms with Crippen LogP contribution in [0.15, 0.2) is 0 Å². The third kappa shape index (κ3) is 57.3. The van der Waals surface area contributed by atoms with Gasteiger partial charge in [-0.25, -0.2) is 0 Å². The van der Waals surface area contributed by atoms with Gasteiger partial charge < -0.3 is 14.2 Å². The molecule has 0 rings (SSSR count). The Balaban J connectivity index is 4.28. The van der Waals surface area contributed by atoms with E-state index in [0.717, 1.165) is 57.8 Å². The highest BCUT2D eigenvalue weighted by Crippen LogP contribution is 2.19. The summed E-state index contributed by atoms with van der Waals surface area (Å²) in [6.07, 6.45) is 68.2. The van der Waals surface area contributed by atoms with Crippen LogP contribution in [0.5, 0.6) is 0 Å². The summed E-state index contributed by atoms with van der Waals surface area (Å²) in [5.74, 6) is -0.824. The molecule has 0 aliphatic heterocycles. The fourth-order valence-electron chi connectivity index (χ4n) is 10.0. The van der Waals surface area contributed by atoms with Gasteiger partial charge in [0.1, 0.15) is 13.2 Å². The summed E-state index contributed by atoms with van der Waals surface area (Å²) in [6.45, 7) is 6.73. The Morgan fingerprint density at radius 3 is 0.571 bits per heavy atom. The number of hydrogen-bond acceptors (Lipinski definition) is 6. The number of esters is 3. The van der Waals surface area contributed by atoms with Crippen molar-refractivity contribution < 1.29 is 28.6 Å². The summed E-state index contributed by atoms with van der Waals surface area (Å²) in [4.78, 5) is 38.3. The molecular weight excluding hydrogens is 865 g/mol. The zero-order valence-electron chi connectivity index (χ0n) is 47.8. The summed E-state index contributed by atoms with van der Waals surface area (Å²) in [5.41, 5.74) is 0. The van der Waals surface area contributed by atoms with E-state index in [2.05, 4.69) is 20.8 Å². The lowest BCUT2D eigenvalue weighted by Gasteiger charge is -2.18. The lowest BCUT2D eigenvalue weighted by Crippen LogP contribution is -2.30. The number of carbonyl (C=O) groups excluding carboxylic acids is 3. The molecule has 0 aromatic carbocycles. The van der Waals surface area contributed by atoms with E-state index < -0.39 is 6.10 Å². The molecule has 1 atom stereocenters. The molecule has 0 saturated heterocycles. The van der Waals surface area contributed by atoms with E-state index in [1.165, 1.54) is 276 Å². The zero-order chi connectivity index (χ0) is 50.7. The molecule has 0 aliphatic rings. The van der Waals surface area contributed by atoms with Gasteiger partial charge >= 0.3 is 17.9 Å². The third-order valence-electron chi connectivity index (χ3n) is 14.9. The lowest BCUT2D eigenvalue weighted by molar-refractivity contribution is -0.167. The molecule has 70 heavy (non-hydrogen) atoms. The minimum Gasteiger partial charge on any atom is -0.462 e. The fourth-order valence-corrected chi connectivity index (χ4v) is 10.0. The number of rotatable bonds is 60. The number of hydrogen-bond donors (Lipinski definition) is 0. The van der Waals surface area contributed by atoms with Crippen molar-refractivity contribution in [2.24, 2.45) is 0 Å². The molecular formula is C64H124O6. The predicted octanol–water partition coefficient (Wildman–Crippen LogP) is 21.5. The van der Waals surface area contributed by atoms with Crippen LogP contribution in [-0.4, -0.2) is 37.2 Å². The third-order valence-corrected chi connectivity index (χ3v) is 14.9. The van der Waals surface area contributed by atoms with E-state index in [4.69, 9.17) is 14.2 Å². The average molecular weight is 990 g/mol. The topological polar surface area (TPSA) is 78.9 Å². The minimum absolute atomic E-state index is 0.0604. The van der Waals surface area contributed by atoms with Gasteiger partial charge in [0.2, 0.25) is 0 Å². The first-order chi connectivity index (χ1) is 34.5. The Bertz CT molecular complexity index is 1040. The molecule has 0 aliphatic carbocycles. The van der Waals surface area contributed by atoms with Gasteiger partial charge in [-0.15, -0.1) is 0 Å². The summed E-state index contributed by atoms with van der Waals surface area (Å²) in [6, 6.07) is 0. The molecule has 0 amide bonds. The maximum Gasteiger partial charge on any atom is 0.306 e. The highest BCUT2D eigenvalue weighted by Gasteiger charge is 2.19. The average Bonchev–Trinajstić information content (AvgIpc) is 3.36. The monoisotopic (exact) mass is 989 g/mol. The summed E-state index contributed by atoms with van der Waals surface area (Å²) >= 11 is 0. The van der Waals surface area contributed by atoms with Gasteiger partial charge in [-0.05, 0) is 19.3 Å². The molecule has 0 aromatic heterocycles. The molecule has 6 heteroatoms. The van der Waals surface area contributed by atoms with Crippen molar-refractivity contribution in [3.8, 4) is 0 Å². The number of ether oxygens (including phenoxy) is 3. The highest BCUT2D eigenvalue weighted by molar-refractivity contribution is 5.71. The van der Waals surface area contributed by atoms with E-state index in [1.54, 1.807) is 0 Å². The highest BCUT2D eigenvalue weighted by atomic mass is 16.6. The Labute approximate surface area is 438 Å². The van der Waals surface area contributed by atoms with Gasteiger partial charge in [0.05, 0.1) is 0 Å². The first-order valence-electron chi connectivity index (χ1n) is 32.0. The van der Waals surface area contributed by atoms with Crippen LogP contribution in [0, 0.1) is 0 Å². The molecule has 0 spiro atoms.